The number of carbonyl (C=O) groups excluding carboxylic acids is 1. The van der Waals surface area contributed by atoms with Crippen molar-refractivity contribution in [1.82, 2.24) is 10.0 Å². The van der Waals surface area contributed by atoms with Crippen LogP contribution in [0.2, 0.25) is 0 Å². The molecule has 0 spiro atoms. The van der Waals surface area contributed by atoms with Crippen LogP contribution >= 0.6 is 0 Å². The molecule has 2 heterocycles. The van der Waals surface area contributed by atoms with Crippen LogP contribution in [-0.2, 0) is 20.9 Å². The zero-order valence-corrected chi connectivity index (χ0v) is 10.7. The average molecular weight is 266 g/mol. The monoisotopic (exact) mass is 266 g/mol. The number of hydrogen-bond acceptors (Lipinski definition) is 4. The number of pyridine rings is 1. The average Bonchev–Trinajstić information content (AvgIpc) is 2.45. The Kier molecular flexibility index (Phi) is 5.11. The molecule has 104 valence electrons. The normalized spacial score (nSPS) is 19.1. The van der Waals surface area contributed by atoms with E-state index in [0.29, 0.717) is 13.2 Å². The van der Waals surface area contributed by atoms with Crippen molar-refractivity contribution in [1.29, 1.82) is 0 Å². The van der Waals surface area contributed by atoms with Gasteiger partial charge in [0.15, 0.2) is 6.29 Å². The second kappa shape index (κ2) is 7.06. The van der Waals surface area contributed by atoms with Crippen LogP contribution in [-0.4, -0.2) is 23.4 Å². The van der Waals surface area contributed by atoms with E-state index < -0.39 is 0 Å². The van der Waals surface area contributed by atoms with Crippen LogP contribution in [0.4, 0.5) is 0 Å². The van der Waals surface area contributed by atoms with Crippen molar-refractivity contribution in [2.45, 2.75) is 38.5 Å². The van der Waals surface area contributed by atoms with Crippen molar-refractivity contribution in [3.05, 3.63) is 34.7 Å². The van der Waals surface area contributed by atoms with Gasteiger partial charge in [-0.1, -0.05) is 6.07 Å². The topological polar surface area (TPSA) is 69.6 Å². The van der Waals surface area contributed by atoms with Crippen molar-refractivity contribution < 1.29 is 14.4 Å². The maximum absolute atomic E-state index is 11.6. The lowest BCUT2D eigenvalue weighted by Crippen LogP contribution is -2.34. The van der Waals surface area contributed by atoms with E-state index in [9.17, 15) is 9.59 Å². The third-order valence-corrected chi connectivity index (χ3v) is 2.92. The first-order valence-electron chi connectivity index (χ1n) is 6.47. The summed E-state index contributed by atoms with van der Waals surface area (Å²) >= 11 is 0. The van der Waals surface area contributed by atoms with Gasteiger partial charge in [-0.3, -0.25) is 9.59 Å². The van der Waals surface area contributed by atoms with E-state index >= 15 is 0 Å². The summed E-state index contributed by atoms with van der Waals surface area (Å²) in [5, 5.41) is 0. The van der Waals surface area contributed by atoms with E-state index in [1.54, 1.807) is 18.3 Å². The molecule has 1 saturated heterocycles. The summed E-state index contributed by atoms with van der Waals surface area (Å²) in [6.07, 6.45) is 4.36. The van der Waals surface area contributed by atoms with Crippen LogP contribution < -0.4 is 11.0 Å². The lowest BCUT2D eigenvalue weighted by Gasteiger charge is -2.22. The number of hydroxylamine groups is 1. The summed E-state index contributed by atoms with van der Waals surface area (Å²) < 4.78 is 6.80. The largest absolute Gasteiger partial charge is 0.350 e. The Morgan fingerprint density at radius 3 is 3.11 bits per heavy atom. The van der Waals surface area contributed by atoms with Crippen LogP contribution in [0, 0.1) is 0 Å². The molecule has 0 aliphatic carbocycles. The Morgan fingerprint density at radius 2 is 2.37 bits per heavy atom. The first-order chi connectivity index (χ1) is 9.25. The summed E-state index contributed by atoms with van der Waals surface area (Å²) in [5.74, 6) is -0.259. The van der Waals surface area contributed by atoms with Crippen LogP contribution in [0.15, 0.2) is 29.2 Å². The van der Waals surface area contributed by atoms with Gasteiger partial charge in [-0.25, -0.2) is 10.3 Å². The molecule has 1 aliphatic rings. The highest BCUT2D eigenvalue weighted by atomic mass is 16.8. The molecule has 1 fully saturated rings. The van der Waals surface area contributed by atoms with Gasteiger partial charge in [-0.15, -0.1) is 0 Å². The van der Waals surface area contributed by atoms with Gasteiger partial charge in [0.2, 0.25) is 5.91 Å². The number of ether oxygens (including phenoxy) is 1. The Morgan fingerprint density at radius 1 is 1.47 bits per heavy atom. The molecule has 1 aromatic heterocycles. The molecule has 1 atom stereocenters. The Bertz CT molecular complexity index is 466. The molecule has 2 rings (SSSR count). The summed E-state index contributed by atoms with van der Waals surface area (Å²) in [5.41, 5.74) is 2.24. The minimum atomic E-state index is -0.350. The summed E-state index contributed by atoms with van der Waals surface area (Å²) in [4.78, 5) is 28.1. The fourth-order valence-electron chi connectivity index (χ4n) is 1.85. The minimum absolute atomic E-state index is 0.119. The number of aryl methyl sites for hydroxylation is 1. The SMILES string of the molecule is O=C(CCn1ccccc1=O)NOC1CCCCO1. The first-order valence-corrected chi connectivity index (χ1v) is 6.47. The fraction of sp³-hybridized carbons (Fsp3) is 0.538. The van der Waals surface area contributed by atoms with Crippen LogP contribution in [0.25, 0.3) is 0 Å². The molecule has 0 bridgehead atoms. The molecular weight excluding hydrogens is 248 g/mol. The lowest BCUT2D eigenvalue weighted by molar-refractivity contribution is -0.200. The predicted octanol–water partition coefficient (Wildman–Crippen LogP) is 0.813. The molecule has 0 radical (unpaired) electrons. The zero-order valence-electron chi connectivity index (χ0n) is 10.7. The van der Waals surface area contributed by atoms with Gasteiger partial charge in [-0.2, -0.15) is 0 Å². The molecule has 1 aliphatic heterocycles. The summed E-state index contributed by atoms with van der Waals surface area (Å²) in [7, 11) is 0. The highest BCUT2D eigenvalue weighted by molar-refractivity contribution is 5.74. The predicted molar refractivity (Wildman–Crippen MR) is 68.1 cm³/mol. The Balaban J connectivity index is 1.70. The van der Waals surface area contributed by atoms with E-state index in [4.69, 9.17) is 9.57 Å². The third kappa shape index (κ3) is 4.50. The van der Waals surface area contributed by atoms with Crippen LogP contribution in [0.5, 0.6) is 0 Å². The molecular formula is C13H18N2O4. The van der Waals surface area contributed by atoms with Crippen molar-refractivity contribution >= 4 is 5.91 Å². The maximum Gasteiger partial charge on any atom is 0.250 e. The number of amides is 1. The zero-order chi connectivity index (χ0) is 13.5. The van der Waals surface area contributed by atoms with Gasteiger partial charge < -0.3 is 9.30 Å². The molecule has 6 heteroatoms. The molecule has 0 saturated carbocycles. The summed E-state index contributed by atoms with van der Waals surface area (Å²) in [6.45, 7) is 1.00. The fourth-order valence-corrected chi connectivity index (χ4v) is 1.85. The lowest BCUT2D eigenvalue weighted by atomic mass is 10.2. The van der Waals surface area contributed by atoms with Crippen LogP contribution in [0.3, 0.4) is 0 Å². The summed E-state index contributed by atoms with van der Waals surface area (Å²) in [6, 6.07) is 4.89. The van der Waals surface area contributed by atoms with Crippen molar-refractivity contribution in [2.24, 2.45) is 0 Å². The number of nitrogens with zero attached hydrogens (tertiary/aromatic N) is 1. The third-order valence-electron chi connectivity index (χ3n) is 2.92. The number of nitrogens with one attached hydrogen (secondary N) is 1. The first kappa shape index (κ1) is 13.8. The quantitative estimate of drug-likeness (QED) is 0.801. The molecule has 1 amide bonds. The maximum atomic E-state index is 11.6. The van der Waals surface area contributed by atoms with Gasteiger partial charge in [0.25, 0.3) is 5.56 Å². The highest BCUT2D eigenvalue weighted by Crippen LogP contribution is 2.12. The van der Waals surface area contributed by atoms with Gasteiger partial charge >= 0.3 is 0 Å². The van der Waals surface area contributed by atoms with Crippen molar-refractivity contribution in [3.63, 3.8) is 0 Å². The number of carbonyl (C=O) groups is 1. The molecule has 1 N–H and O–H groups in total. The van der Waals surface area contributed by atoms with E-state index in [1.807, 2.05) is 0 Å². The Labute approximate surface area is 111 Å². The van der Waals surface area contributed by atoms with Gasteiger partial charge in [0.1, 0.15) is 0 Å². The molecule has 6 nitrogen and oxygen atoms in total. The van der Waals surface area contributed by atoms with E-state index in [1.165, 1.54) is 10.6 Å². The molecule has 1 aromatic rings. The van der Waals surface area contributed by atoms with Crippen molar-refractivity contribution in [2.75, 3.05) is 6.61 Å². The van der Waals surface area contributed by atoms with E-state index in [-0.39, 0.29) is 24.2 Å². The molecule has 1 unspecified atom stereocenters. The number of hydrogen-bond donors (Lipinski definition) is 1. The van der Waals surface area contributed by atoms with Gasteiger partial charge in [0.05, 0.1) is 0 Å². The smallest absolute Gasteiger partial charge is 0.250 e. The minimum Gasteiger partial charge on any atom is -0.350 e. The number of rotatable bonds is 5. The van der Waals surface area contributed by atoms with E-state index in [2.05, 4.69) is 5.48 Å². The molecule has 19 heavy (non-hydrogen) atoms. The number of aromatic nitrogens is 1. The van der Waals surface area contributed by atoms with Crippen LogP contribution in [0.1, 0.15) is 25.7 Å². The standard InChI is InChI=1S/C13H18N2O4/c16-11(14-19-13-6-2-4-10-18-13)7-9-15-8-3-1-5-12(15)17/h1,3,5,8,13H,2,4,6-7,9-10H2,(H,14,16). The second-order valence-electron chi connectivity index (χ2n) is 4.42. The highest BCUT2D eigenvalue weighted by Gasteiger charge is 2.15. The van der Waals surface area contributed by atoms with Gasteiger partial charge in [-0.05, 0) is 18.9 Å². The van der Waals surface area contributed by atoms with Gasteiger partial charge in [0, 0.05) is 38.3 Å². The molecule has 0 aromatic carbocycles. The second-order valence-corrected chi connectivity index (χ2v) is 4.42. The van der Waals surface area contributed by atoms with Crippen molar-refractivity contribution in [3.8, 4) is 0 Å². The van der Waals surface area contributed by atoms with E-state index in [0.717, 1.165) is 19.3 Å². The Hall–Kier alpha value is -1.66.